The lowest BCUT2D eigenvalue weighted by molar-refractivity contribution is -0.00000445. The van der Waals surface area contributed by atoms with E-state index in [4.69, 9.17) is 0 Å². The third kappa shape index (κ3) is 4.43. The van der Waals surface area contributed by atoms with Crippen molar-refractivity contribution in [3.05, 3.63) is 36.0 Å². The summed E-state index contributed by atoms with van der Waals surface area (Å²) in [6.07, 6.45) is 15.3. The lowest BCUT2D eigenvalue weighted by Crippen LogP contribution is -3.00. The second-order valence-electron chi connectivity index (χ2n) is 6.47. The SMILES string of the molecule is C=CC(C)(/C=C/C1=C(C)CCCC1(C)C)[S+](C)C.[Cl-]. The van der Waals surface area contributed by atoms with Gasteiger partial charge in [-0.1, -0.05) is 32.1 Å². The molecule has 0 amide bonds. The molecular weight excluding hydrogens is 272 g/mol. The van der Waals surface area contributed by atoms with Crippen LogP contribution in [0.1, 0.15) is 47.0 Å². The van der Waals surface area contributed by atoms with Gasteiger partial charge in [0.1, 0.15) is 0 Å². The first-order chi connectivity index (χ1) is 8.23. The van der Waals surface area contributed by atoms with Gasteiger partial charge in [-0.15, -0.1) is 0 Å². The van der Waals surface area contributed by atoms with E-state index in [2.05, 4.69) is 65.0 Å². The Morgan fingerprint density at radius 3 is 2.32 bits per heavy atom. The minimum Gasteiger partial charge on any atom is -1.00 e. The molecule has 0 aromatic heterocycles. The second-order valence-corrected chi connectivity index (χ2v) is 8.98. The van der Waals surface area contributed by atoms with Crippen LogP contribution in [0.2, 0.25) is 0 Å². The zero-order valence-electron chi connectivity index (χ0n) is 13.3. The molecule has 1 atom stereocenters. The molecule has 0 spiro atoms. The van der Waals surface area contributed by atoms with Gasteiger partial charge in [0.25, 0.3) is 0 Å². The summed E-state index contributed by atoms with van der Waals surface area (Å²) in [6, 6.07) is 0. The molecule has 0 bridgehead atoms. The highest BCUT2D eigenvalue weighted by Crippen LogP contribution is 2.41. The van der Waals surface area contributed by atoms with Crippen LogP contribution in [0.3, 0.4) is 0 Å². The summed E-state index contributed by atoms with van der Waals surface area (Å²) < 4.78 is 0.126. The molecule has 110 valence electrons. The van der Waals surface area contributed by atoms with Gasteiger partial charge < -0.3 is 12.4 Å². The highest BCUT2D eigenvalue weighted by atomic mass is 35.5. The lowest BCUT2D eigenvalue weighted by Gasteiger charge is -2.33. The van der Waals surface area contributed by atoms with Gasteiger partial charge in [-0.2, -0.15) is 0 Å². The molecule has 0 nitrogen and oxygen atoms in total. The van der Waals surface area contributed by atoms with Crippen molar-refractivity contribution in [1.29, 1.82) is 0 Å². The Kier molecular flexibility index (Phi) is 6.99. The molecule has 0 aromatic carbocycles. The Hall–Kier alpha value is -0.140. The first-order valence-corrected chi connectivity index (χ1v) is 8.88. The zero-order valence-corrected chi connectivity index (χ0v) is 14.9. The van der Waals surface area contributed by atoms with Gasteiger partial charge in [0.05, 0.1) is 12.5 Å². The van der Waals surface area contributed by atoms with E-state index in [1.54, 1.807) is 11.1 Å². The standard InChI is InChI=1S/C17H29S.ClH/c1-8-17(5,18(6)7)13-11-15-14(2)10-9-12-16(15,3)4;/h8,11,13H,1,9-10,12H2,2-7H3;1H/q+1;/p-1/b13-11+;. The molecule has 1 unspecified atom stereocenters. The van der Waals surface area contributed by atoms with Crippen molar-refractivity contribution in [1.82, 2.24) is 0 Å². The summed E-state index contributed by atoms with van der Waals surface area (Å²) >= 11 is 0. The lowest BCUT2D eigenvalue weighted by atomic mass is 9.72. The van der Waals surface area contributed by atoms with E-state index in [9.17, 15) is 0 Å². The third-order valence-electron chi connectivity index (χ3n) is 4.41. The normalized spacial score (nSPS) is 22.3. The minimum atomic E-state index is 0. The fourth-order valence-electron chi connectivity index (χ4n) is 2.63. The summed E-state index contributed by atoms with van der Waals surface area (Å²) in [5.41, 5.74) is 3.45. The van der Waals surface area contributed by atoms with E-state index in [0.717, 1.165) is 0 Å². The molecule has 1 aliphatic rings. The van der Waals surface area contributed by atoms with Gasteiger partial charge in [0.15, 0.2) is 4.75 Å². The van der Waals surface area contributed by atoms with E-state index < -0.39 is 0 Å². The molecule has 0 N–H and O–H groups in total. The van der Waals surface area contributed by atoms with Crippen LogP contribution in [0.5, 0.6) is 0 Å². The van der Waals surface area contributed by atoms with E-state index in [1.807, 2.05) is 0 Å². The smallest absolute Gasteiger partial charge is 0.161 e. The molecule has 0 saturated heterocycles. The van der Waals surface area contributed by atoms with Crippen molar-refractivity contribution in [2.75, 3.05) is 12.5 Å². The van der Waals surface area contributed by atoms with Crippen molar-refractivity contribution in [3.63, 3.8) is 0 Å². The average molecular weight is 301 g/mol. The van der Waals surface area contributed by atoms with Gasteiger partial charge >= 0.3 is 0 Å². The van der Waals surface area contributed by atoms with Gasteiger partial charge in [0.2, 0.25) is 0 Å². The minimum absolute atomic E-state index is 0. The Morgan fingerprint density at radius 1 is 1.32 bits per heavy atom. The zero-order chi connectivity index (χ0) is 14.0. The van der Waals surface area contributed by atoms with Gasteiger partial charge in [-0.3, -0.25) is 0 Å². The molecule has 0 saturated carbocycles. The van der Waals surface area contributed by atoms with E-state index in [0.29, 0.717) is 16.3 Å². The van der Waals surface area contributed by atoms with Crippen LogP contribution >= 0.6 is 0 Å². The first-order valence-electron chi connectivity index (χ1n) is 6.84. The van der Waals surface area contributed by atoms with Crippen molar-refractivity contribution in [2.24, 2.45) is 5.41 Å². The Morgan fingerprint density at radius 2 is 1.89 bits per heavy atom. The summed E-state index contributed by atoms with van der Waals surface area (Å²) in [5.74, 6) is 0. The van der Waals surface area contributed by atoms with Crippen molar-refractivity contribution >= 4 is 10.9 Å². The number of halogens is 1. The molecule has 0 heterocycles. The predicted molar refractivity (Wildman–Crippen MR) is 87.3 cm³/mol. The molecular formula is C17H29ClS. The highest BCUT2D eigenvalue weighted by molar-refractivity contribution is 7.97. The Labute approximate surface area is 129 Å². The largest absolute Gasteiger partial charge is 1.00 e. The average Bonchev–Trinajstić information content (AvgIpc) is 2.26. The van der Waals surface area contributed by atoms with E-state index in [1.165, 1.54) is 19.3 Å². The summed E-state index contributed by atoms with van der Waals surface area (Å²) in [4.78, 5) is 0. The fourth-order valence-corrected chi connectivity index (χ4v) is 3.30. The van der Waals surface area contributed by atoms with Gasteiger partial charge in [-0.05, 0) is 67.1 Å². The summed E-state index contributed by atoms with van der Waals surface area (Å²) in [5, 5.41) is 0. The fraction of sp³-hybridized carbons (Fsp3) is 0.647. The number of hydrogen-bond acceptors (Lipinski definition) is 0. The second kappa shape index (κ2) is 7.04. The van der Waals surface area contributed by atoms with Gasteiger partial charge in [-0.25, -0.2) is 0 Å². The van der Waals surface area contributed by atoms with Crippen LogP contribution < -0.4 is 12.4 Å². The number of rotatable bonds is 4. The van der Waals surface area contributed by atoms with Crippen LogP contribution in [0.4, 0.5) is 0 Å². The monoisotopic (exact) mass is 300 g/mol. The third-order valence-corrected chi connectivity index (χ3v) is 6.47. The maximum absolute atomic E-state index is 4.01. The van der Waals surface area contributed by atoms with Crippen molar-refractivity contribution < 1.29 is 12.4 Å². The molecule has 1 rings (SSSR count). The number of hydrogen-bond donors (Lipinski definition) is 0. The molecule has 0 aromatic rings. The quantitative estimate of drug-likeness (QED) is 0.549. The van der Waals surface area contributed by atoms with Crippen LogP contribution in [0.15, 0.2) is 36.0 Å². The number of allylic oxidation sites excluding steroid dienone is 3. The molecule has 1 aliphatic carbocycles. The van der Waals surface area contributed by atoms with Gasteiger partial charge in [0, 0.05) is 0 Å². The summed E-state index contributed by atoms with van der Waals surface area (Å²) in [6.45, 7) is 13.3. The molecule has 0 radical (unpaired) electrons. The predicted octanol–water partition coefficient (Wildman–Crippen LogP) is 1.90. The van der Waals surface area contributed by atoms with Crippen molar-refractivity contribution in [2.45, 2.75) is 51.7 Å². The topological polar surface area (TPSA) is 0 Å². The van der Waals surface area contributed by atoms with Crippen molar-refractivity contribution in [3.8, 4) is 0 Å². The first kappa shape index (κ1) is 18.9. The van der Waals surface area contributed by atoms with Crippen LogP contribution in [-0.4, -0.2) is 17.3 Å². The molecule has 0 aliphatic heterocycles. The maximum atomic E-state index is 4.01. The molecule has 19 heavy (non-hydrogen) atoms. The summed E-state index contributed by atoms with van der Waals surface area (Å²) in [7, 11) is 0.313. The van der Waals surface area contributed by atoms with Crippen LogP contribution in [0.25, 0.3) is 0 Å². The van der Waals surface area contributed by atoms with Crippen LogP contribution in [0, 0.1) is 5.41 Å². The Balaban J connectivity index is 0.00000324. The van der Waals surface area contributed by atoms with E-state index >= 15 is 0 Å². The highest BCUT2D eigenvalue weighted by Gasteiger charge is 2.32. The Bertz CT molecular complexity index is 377. The van der Waals surface area contributed by atoms with Crippen LogP contribution in [-0.2, 0) is 10.9 Å². The molecule has 0 fully saturated rings. The maximum Gasteiger partial charge on any atom is 0.161 e. The van der Waals surface area contributed by atoms with E-state index in [-0.39, 0.29) is 17.2 Å². The molecule has 2 heteroatoms.